The second kappa shape index (κ2) is 6.07. The SMILES string of the molecule is O=c1cc(COc2cccc(I)c2)c2cc(Cl)ccc2o1. The second-order valence-electron chi connectivity index (χ2n) is 4.48. The minimum Gasteiger partial charge on any atom is -0.489 e. The van der Waals surface area contributed by atoms with Crippen molar-refractivity contribution in [3.05, 3.63) is 73.1 Å². The molecule has 0 bridgehead atoms. The second-order valence-corrected chi connectivity index (χ2v) is 6.16. The van der Waals surface area contributed by atoms with Crippen molar-refractivity contribution in [2.24, 2.45) is 0 Å². The molecule has 0 aliphatic rings. The molecule has 0 amide bonds. The Morgan fingerprint density at radius 3 is 2.81 bits per heavy atom. The predicted molar refractivity (Wildman–Crippen MR) is 91.0 cm³/mol. The highest BCUT2D eigenvalue weighted by atomic mass is 127. The van der Waals surface area contributed by atoms with Crippen molar-refractivity contribution in [1.82, 2.24) is 0 Å². The van der Waals surface area contributed by atoms with Crippen LogP contribution in [0.25, 0.3) is 11.0 Å². The van der Waals surface area contributed by atoms with Crippen LogP contribution in [0.5, 0.6) is 5.75 Å². The molecule has 1 aromatic heterocycles. The lowest BCUT2D eigenvalue weighted by molar-refractivity contribution is 0.306. The van der Waals surface area contributed by atoms with Gasteiger partial charge in [-0.1, -0.05) is 17.7 Å². The van der Waals surface area contributed by atoms with E-state index in [0.29, 0.717) is 10.6 Å². The van der Waals surface area contributed by atoms with E-state index in [0.717, 1.165) is 20.3 Å². The molecule has 3 nitrogen and oxygen atoms in total. The van der Waals surface area contributed by atoms with Crippen molar-refractivity contribution in [2.45, 2.75) is 6.61 Å². The number of ether oxygens (including phenoxy) is 1. The van der Waals surface area contributed by atoms with Crippen molar-refractivity contribution in [1.29, 1.82) is 0 Å². The van der Waals surface area contributed by atoms with Gasteiger partial charge in [0.15, 0.2) is 0 Å². The fraction of sp³-hybridized carbons (Fsp3) is 0.0625. The van der Waals surface area contributed by atoms with Crippen molar-refractivity contribution < 1.29 is 9.15 Å². The molecule has 2 aromatic carbocycles. The van der Waals surface area contributed by atoms with Crippen LogP contribution in [0.2, 0.25) is 5.02 Å². The summed E-state index contributed by atoms with van der Waals surface area (Å²) in [5.74, 6) is 0.755. The molecule has 0 saturated carbocycles. The normalized spacial score (nSPS) is 10.8. The summed E-state index contributed by atoms with van der Waals surface area (Å²) in [7, 11) is 0. The first-order valence-corrected chi connectivity index (χ1v) is 7.68. The molecule has 0 fully saturated rings. The maximum Gasteiger partial charge on any atom is 0.336 e. The summed E-state index contributed by atoms with van der Waals surface area (Å²) in [6.07, 6.45) is 0. The molecule has 0 spiro atoms. The minimum absolute atomic E-state index is 0.280. The van der Waals surface area contributed by atoms with Gasteiger partial charge in [0.05, 0.1) is 0 Å². The highest BCUT2D eigenvalue weighted by molar-refractivity contribution is 14.1. The summed E-state index contributed by atoms with van der Waals surface area (Å²) in [6.45, 7) is 0.280. The molecule has 3 aromatic rings. The molecular weight excluding hydrogens is 403 g/mol. The zero-order valence-corrected chi connectivity index (χ0v) is 13.7. The van der Waals surface area contributed by atoms with E-state index in [-0.39, 0.29) is 6.61 Å². The molecule has 3 rings (SSSR count). The van der Waals surface area contributed by atoms with Gasteiger partial charge in [0, 0.05) is 25.6 Å². The van der Waals surface area contributed by atoms with Gasteiger partial charge in [-0.05, 0) is 59.0 Å². The summed E-state index contributed by atoms with van der Waals surface area (Å²) in [6, 6.07) is 14.3. The lowest BCUT2D eigenvalue weighted by atomic mass is 10.1. The summed E-state index contributed by atoms with van der Waals surface area (Å²) in [5.41, 5.74) is 0.863. The largest absolute Gasteiger partial charge is 0.489 e. The van der Waals surface area contributed by atoms with Crippen LogP contribution >= 0.6 is 34.2 Å². The maximum atomic E-state index is 11.6. The topological polar surface area (TPSA) is 39.4 Å². The molecule has 106 valence electrons. The molecule has 5 heteroatoms. The van der Waals surface area contributed by atoms with Crippen LogP contribution in [0.1, 0.15) is 5.56 Å². The third-order valence-electron chi connectivity index (χ3n) is 2.98. The molecule has 0 N–H and O–H groups in total. The lowest BCUT2D eigenvalue weighted by Crippen LogP contribution is -2.04. The van der Waals surface area contributed by atoms with Crippen LogP contribution in [0.3, 0.4) is 0 Å². The number of halogens is 2. The summed E-state index contributed by atoms with van der Waals surface area (Å²) < 4.78 is 12.0. The number of hydrogen-bond acceptors (Lipinski definition) is 3. The fourth-order valence-corrected chi connectivity index (χ4v) is 2.72. The number of hydrogen-bond donors (Lipinski definition) is 0. The smallest absolute Gasteiger partial charge is 0.336 e. The molecule has 0 saturated heterocycles. The van der Waals surface area contributed by atoms with E-state index >= 15 is 0 Å². The first-order valence-electron chi connectivity index (χ1n) is 6.22. The van der Waals surface area contributed by atoms with E-state index in [1.165, 1.54) is 6.07 Å². The van der Waals surface area contributed by atoms with Gasteiger partial charge in [0.2, 0.25) is 0 Å². The van der Waals surface area contributed by atoms with Gasteiger partial charge < -0.3 is 9.15 Å². The van der Waals surface area contributed by atoms with Crippen LogP contribution in [-0.2, 0) is 6.61 Å². The Bertz CT molecular complexity index is 858. The Morgan fingerprint density at radius 1 is 1.14 bits per heavy atom. The molecule has 0 atom stereocenters. The van der Waals surface area contributed by atoms with Crippen LogP contribution < -0.4 is 10.4 Å². The molecule has 0 aliphatic heterocycles. The van der Waals surface area contributed by atoms with E-state index in [1.54, 1.807) is 18.2 Å². The van der Waals surface area contributed by atoms with Gasteiger partial charge in [-0.15, -0.1) is 0 Å². The summed E-state index contributed by atoms with van der Waals surface area (Å²) >= 11 is 8.23. The lowest BCUT2D eigenvalue weighted by Gasteiger charge is -2.08. The van der Waals surface area contributed by atoms with E-state index in [4.69, 9.17) is 20.8 Å². The van der Waals surface area contributed by atoms with Crippen LogP contribution in [0, 0.1) is 3.57 Å². The Balaban J connectivity index is 1.96. The van der Waals surface area contributed by atoms with Crippen LogP contribution in [0.15, 0.2) is 57.7 Å². The molecule has 0 aliphatic carbocycles. The Kier molecular flexibility index (Phi) is 4.17. The van der Waals surface area contributed by atoms with Crippen LogP contribution in [-0.4, -0.2) is 0 Å². The first-order chi connectivity index (χ1) is 10.1. The van der Waals surface area contributed by atoms with Crippen molar-refractivity contribution in [2.75, 3.05) is 0 Å². The van der Waals surface area contributed by atoms with Crippen molar-refractivity contribution in [3.8, 4) is 5.75 Å². The highest BCUT2D eigenvalue weighted by Gasteiger charge is 2.07. The molecule has 1 heterocycles. The van der Waals surface area contributed by atoms with Gasteiger partial charge in [-0.2, -0.15) is 0 Å². The van der Waals surface area contributed by atoms with Gasteiger partial charge in [0.25, 0.3) is 0 Å². The van der Waals surface area contributed by atoms with E-state index in [2.05, 4.69) is 22.6 Å². The van der Waals surface area contributed by atoms with Crippen molar-refractivity contribution in [3.63, 3.8) is 0 Å². The number of fused-ring (bicyclic) bond motifs is 1. The van der Waals surface area contributed by atoms with E-state index < -0.39 is 5.63 Å². The van der Waals surface area contributed by atoms with E-state index in [1.807, 2.05) is 24.3 Å². The summed E-state index contributed by atoms with van der Waals surface area (Å²) in [4.78, 5) is 11.6. The zero-order valence-electron chi connectivity index (χ0n) is 10.8. The molecular formula is C16H10ClIO3. The third-order valence-corrected chi connectivity index (χ3v) is 3.89. The fourth-order valence-electron chi connectivity index (χ4n) is 2.04. The monoisotopic (exact) mass is 412 g/mol. The average molecular weight is 413 g/mol. The van der Waals surface area contributed by atoms with Gasteiger partial charge in [-0.3, -0.25) is 0 Å². The highest BCUT2D eigenvalue weighted by Crippen LogP contribution is 2.23. The first kappa shape index (κ1) is 14.4. The number of rotatable bonds is 3. The van der Waals surface area contributed by atoms with Gasteiger partial charge in [-0.25, -0.2) is 4.79 Å². The predicted octanol–water partition coefficient (Wildman–Crippen LogP) is 4.63. The summed E-state index contributed by atoms with van der Waals surface area (Å²) in [5, 5.41) is 1.37. The standard InChI is InChI=1S/C16H10ClIO3/c17-11-4-5-15-14(7-11)10(6-16(19)21-15)9-20-13-3-1-2-12(18)8-13/h1-8H,9H2. The van der Waals surface area contributed by atoms with Gasteiger partial charge in [0.1, 0.15) is 17.9 Å². The van der Waals surface area contributed by atoms with Crippen LogP contribution in [0.4, 0.5) is 0 Å². The number of benzene rings is 2. The average Bonchev–Trinajstić information content (AvgIpc) is 2.45. The third kappa shape index (κ3) is 3.39. The Morgan fingerprint density at radius 2 is 2.00 bits per heavy atom. The zero-order chi connectivity index (χ0) is 14.8. The van der Waals surface area contributed by atoms with Gasteiger partial charge >= 0.3 is 5.63 Å². The Labute approximate surface area is 139 Å². The minimum atomic E-state index is -0.397. The molecule has 0 unspecified atom stereocenters. The Hall–Kier alpha value is -1.53. The van der Waals surface area contributed by atoms with E-state index in [9.17, 15) is 4.79 Å². The molecule has 21 heavy (non-hydrogen) atoms. The maximum absolute atomic E-state index is 11.6. The molecule has 0 radical (unpaired) electrons. The quantitative estimate of drug-likeness (QED) is 0.465. The van der Waals surface area contributed by atoms with Crippen molar-refractivity contribution >= 4 is 45.2 Å².